The molecule has 0 aliphatic heterocycles. The molecule has 21 aromatic rings. The average molecular weight is 1990 g/mol. The third kappa shape index (κ3) is 30.9. The number of imidazole rings is 1. The van der Waals surface area contributed by atoms with E-state index in [1.165, 1.54) is 141 Å². The van der Waals surface area contributed by atoms with Gasteiger partial charge in [-0.05, 0) is 275 Å². The zero-order valence-corrected chi connectivity index (χ0v) is 91.5. The molecule has 13 heterocycles. The van der Waals surface area contributed by atoms with E-state index in [2.05, 4.69) is 369 Å². The molecule has 13 aromatic heterocycles. The number of fused-ring (bicyclic) bond motifs is 11. The number of pyridine rings is 11. The van der Waals surface area contributed by atoms with Gasteiger partial charge in [0.2, 0.25) is 0 Å². The number of hydrogen-bond acceptors (Lipinski definition) is 14. The predicted molar refractivity (Wildman–Crippen MR) is 630 cm³/mol. The Labute approximate surface area is 880 Å². The van der Waals surface area contributed by atoms with Crippen molar-refractivity contribution in [1.82, 2.24) is 68.5 Å². The lowest BCUT2D eigenvalue weighted by Crippen LogP contribution is -2.22. The maximum absolute atomic E-state index is 12.0. The van der Waals surface area contributed by atoms with E-state index in [4.69, 9.17) is 4.98 Å². The Bertz CT molecular complexity index is 7880. The first-order valence-electron chi connectivity index (χ1n) is 52.1. The number of thiazole rings is 1. The third-order valence-electron chi connectivity index (χ3n) is 25.5. The lowest BCUT2D eigenvalue weighted by molar-refractivity contribution is 0.593. The lowest BCUT2D eigenvalue weighted by Gasteiger charge is -2.16. The van der Waals surface area contributed by atoms with Gasteiger partial charge in [0.25, 0.3) is 11.1 Å². The summed E-state index contributed by atoms with van der Waals surface area (Å²) in [4.78, 5) is 82.4. The van der Waals surface area contributed by atoms with Gasteiger partial charge in [-0.25, -0.2) is 14.8 Å². The molecule has 0 spiro atoms. The first-order chi connectivity index (χ1) is 70.5. The highest BCUT2D eigenvalue weighted by molar-refractivity contribution is 7.18. The van der Waals surface area contributed by atoms with Gasteiger partial charge in [-0.15, -0.1) is 11.3 Å². The summed E-state index contributed by atoms with van der Waals surface area (Å²) >= 11 is 1.79. The highest BCUT2D eigenvalue weighted by atomic mass is 32.1. The summed E-state index contributed by atoms with van der Waals surface area (Å²) in [6, 6.07) is 98.9. The van der Waals surface area contributed by atoms with Gasteiger partial charge in [-0.3, -0.25) is 54.0 Å². The van der Waals surface area contributed by atoms with Crippen molar-refractivity contribution in [3.63, 3.8) is 0 Å². The number of aryl methyl sites for hydroxylation is 5. The van der Waals surface area contributed by atoms with Crippen LogP contribution in [0, 0.1) is 13.8 Å². The molecule has 766 valence electrons. The first-order valence-corrected chi connectivity index (χ1v) is 52.9. The van der Waals surface area contributed by atoms with Crippen LogP contribution in [0.3, 0.4) is 0 Å². The van der Waals surface area contributed by atoms with Crippen LogP contribution in [-0.2, 0) is 19.9 Å². The molecule has 22 rings (SSSR count). The molecule has 0 fully saturated rings. The van der Waals surface area contributed by atoms with Crippen molar-refractivity contribution >= 4 is 120 Å². The lowest BCUT2D eigenvalue weighted by atomic mass is 9.95. The SMILES string of the molecule is C.CC(C)c1cc2ccccc2cn1.CC(C)c1cc2ncccc2n(C)c1=O.CC(C)c1ccc2c(n1)CCCC2.CC(C)c1ccc2ccccc2n1.CC(C)c1ccnc2ccccc12.CC(C)c1nc2ccccc2s1.CC(C)c1nccc2ccccc12.CC(C)n1c(=O)[nH]c2cccnc21.CC(C)n1c(=O)ccc2ccccc21.Cc1ccc2ccc(C(C)C)nc2c1.Cc1ccc2nc(C(C)C)ccc2c1. The van der Waals surface area contributed by atoms with Crippen LogP contribution < -0.4 is 16.8 Å². The second-order valence-corrected chi connectivity index (χ2v) is 41.9. The number of rotatable bonds is 11. The highest BCUT2D eigenvalue weighted by Crippen LogP contribution is 2.31. The van der Waals surface area contributed by atoms with Crippen LogP contribution in [0.2, 0.25) is 0 Å². The summed E-state index contributed by atoms with van der Waals surface area (Å²) in [7, 11) is 1.79. The van der Waals surface area contributed by atoms with Gasteiger partial charge in [0.15, 0.2) is 5.65 Å². The van der Waals surface area contributed by atoms with E-state index >= 15 is 0 Å². The number of hydrogen-bond donors (Lipinski definition) is 1. The number of benzene rings is 8. The van der Waals surface area contributed by atoms with Gasteiger partial charge in [0.1, 0.15) is 0 Å². The van der Waals surface area contributed by atoms with Crippen molar-refractivity contribution in [3.8, 4) is 0 Å². The van der Waals surface area contributed by atoms with Crippen LogP contribution >= 0.6 is 11.3 Å². The van der Waals surface area contributed by atoms with E-state index in [1.54, 1.807) is 46.0 Å². The van der Waals surface area contributed by atoms with Gasteiger partial charge in [0.05, 0.1) is 65.1 Å². The van der Waals surface area contributed by atoms with Gasteiger partial charge >= 0.3 is 5.69 Å². The van der Waals surface area contributed by atoms with Gasteiger partial charge in [-0.1, -0.05) is 295 Å². The molecule has 0 amide bonds. The average Bonchev–Trinajstić information content (AvgIpc) is 1.09. The number of aromatic amines is 1. The quantitative estimate of drug-likeness (QED) is 0.128. The second-order valence-electron chi connectivity index (χ2n) is 40.9. The van der Waals surface area contributed by atoms with Crippen LogP contribution in [0.1, 0.15) is 311 Å². The monoisotopic (exact) mass is 1990 g/mol. The number of nitrogens with one attached hydrogen (secondary N) is 1. The Hall–Kier alpha value is -14.8. The second kappa shape index (κ2) is 54.6. The van der Waals surface area contributed by atoms with Gasteiger partial charge in [-0.2, -0.15) is 0 Å². The number of aromatic nitrogens is 14. The Morgan fingerprint density at radius 3 is 1.45 bits per heavy atom. The topological polar surface area (TPSA) is 211 Å². The van der Waals surface area contributed by atoms with Crippen LogP contribution in [0.5, 0.6) is 0 Å². The number of nitrogens with zero attached hydrogens (tertiary/aromatic N) is 13. The summed E-state index contributed by atoms with van der Waals surface area (Å²) < 4.78 is 6.42. The van der Waals surface area contributed by atoms with Crippen molar-refractivity contribution in [2.45, 2.75) is 265 Å². The molecule has 1 aliphatic rings. The van der Waals surface area contributed by atoms with Crippen molar-refractivity contribution in [1.29, 1.82) is 0 Å². The molecule has 0 saturated carbocycles. The molecule has 148 heavy (non-hydrogen) atoms. The van der Waals surface area contributed by atoms with Crippen molar-refractivity contribution in [2.75, 3.05) is 0 Å². The molecule has 0 radical (unpaired) electrons. The summed E-state index contributed by atoms with van der Waals surface area (Å²) in [5, 5.41) is 12.3. The van der Waals surface area contributed by atoms with Crippen molar-refractivity contribution in [2.24, 2.45) is 7.05 Å². The molecular weight excluding hydrogens is 1840 g/mol. The first kappa shape index (κ1) is 114. The predicted octanol–water partition coefficient (Wildman–Crippen LogP) is 33.9. The fraction of sp³-hybridized carbons (Fsp3) is 0.315. The molecule has 17 nitrogen and oxygen atoms in total. The third-order valence-corrected chi connectivity index (χ3v) is 26.9. The minimum Gasteiger partial charge on any atom is -0.310 e. The zero-order valence-electron chi connectivity index (χ0n) is 90.7. The van der Waals surface area contributed by atoms with Crippen LogP contribution in [0.15, 0.2) is 337 Å². The fourth-order valence-electron chi connectivity index (χ4n) is 17.2. The zero-order chi connectivity index (χ0) is 106. The molecule has 18 heteroatoms. The Morgan fingerprint density at radius 1 is 0.318 bits per heavy atom. The maximum atomic E-state index is 12.0. The van der Waals surface area contributed by atoms with E-state index in [0.29, 0.717) is 47.3 Å². The normalized spacial score (nSPS) is 11.5. The largest absolute Gasteiger partial charge is 0.327 e. The van der Waals surface area contributed by atoms with Crippen LogP contribution in [0.4, 0.5) is 0 Å². The molecule has 0 unspecified atom stereocenters. The minimum atomic E-state index is -0.0938. The van der Waals surface area contributed by atoms with E-state index in [0.717, 1.165) is 66.2 Å². The van der Waals surface area contributed by atoms with Crippen molar-refractivity contribution < 1.29 is 0 Å². The fourth-order valence-corrected chi connectivity index (χ4v) is 18.1. The van der Waals surface area contributed by atoms with E-state index in [9.17, 15) is 14.4 Å². The Balaban J connectivity index is 0.000000155. The smallest absolute Gasteiger partial charge is 0.310 e. The van der Waals surface area contributed by atoms with E-state index < -0.39 is 0 Å². The molecule has 8 aromatic carbocycles. The highest BCUT2D eigenvalue weighted by Gasteiger charge is 2.17. The Morgan fingerprint density at radius 2 is 0.811 bits per heavy atom. The summed E-state index contributed by atoms with van der Waals surface area (Å²) in [5.74, 6) is 4.40. The molecule has 1 aliphatic carbocycles. The molecular formula is C130H152N14O3S. The standard InChI is InChI=1S/2C13H15N.C12H14N2O.C12H13NO.2C12H13N.C12H17N.2C12H13N.C10H11NS.C9H11N3O.CH4/c1-9(2)12-7-5-11-8-10(3)4-6-13(11)14-12;1-9(2)12-7-6-11-5-4-10(3)8-13(11)14-12;1-8(2)9-7-10-11(5-4-6-13-10)14(3)12(9)15;1-9(2)13-11-6-4-3-5-10(11)7-8-12(13)14;1-9(2)12-7-10-5-3-4-6-11(10)8-13-12;1-9(2)10-7-8-13-12-6-4-3-5-11(10)12;2*1-9(2)11-8-7-10-5-3-4-6-12(10)13-11;1-9(2)12-11-6-4-3-5-10(11)7-8-13-12;1-7(2)10-11-8-5-3-4-6-9(8)12-10;1-6(2)12-8-7(11-9(12)13)4-3-5-10-8;/h2*4-9H,1-3H3;4-8H,1-3H3;3-9H,1-2H3;2*3-9H,1-2H3;7-9H,3-6H2,1-2H3;2*3-9H,1-2H3;3-7H,1-2H3;3-6H,1-2H3,(H,11,13);1H4. The molecule has 0 atom stereocenters. The van der Waals surface area contributed by atoms with Gasteiger partial charge < -0.3 is 14.1 Å². The summed E-state index contributed by atoms with van der Waals surface area (Å²) in [5.41, 5.74) is 24.6. The minimum absolute atomic E-state index is 0. The number of H-pyrrole nitrogens is 1. The summed E-state index contributed by atoms with van der Waals surface area (Å²) in [6.45, 7) is 51.1. The van der Waals surface area contributed by atoms with E-state index in [-0.39, 0.29) is 42.2 Å². The van der Waals surface area contributed by atoms with Crippen LogP contribution in [-0.4, -0.2) is 68.5 Å². The van der Waals surface area contributed by atoms with E-state index in [1.807, 2.05) is 156 Å². The summed E-state index contributed by atoms with van der Waals surface area (Å²) in [6.07, 6.45) is 14.2. The number of para-hydroxylation sites is 4. The molecule has 0 saturated heterocycles. The molecule has 0 bridgehead atoms. The van der Waals surface area contributed by atoms with Crippen molar-refractivity contribution in [3.05, 3.63) is 426 Å². The molecule has 1 N–H and O–H groups in total. The van der Waals surface area contributed by atoms with Crippen LogP contribution in [0.25, 0.3) is 108 Å². The Kier molecular flexibility index (Phi) is 41.9. The maximum Gasteiger partial charge on any atom is 0.327 e. The van der Waals surface area contributed by atoms with Gasteiger partial charge in [0, 0.05) is 134 Å².